The highest BCUT2D eigenvalue weighted by atomic mass is 16.5. The summed E-state index contributed by atoms with van der Waals surface area (Å²) < 4.78 is 12.5. The molecule has 0 saturated heterocycles. The van der Waals surface area contributed by atoms with Crippen molar-refractivity contribution in [1.29, 1.82) is 0 Å². The van der Waals surface area contributed by atoms with Crippen molar-refractivity contribution in [2.75, 3.05) is 21.3 Å². The van der Waals surface area contributed by atoms with Crippen molar-refractivity contribution in [2.24, 2.45) is 0 Å². The van der Waals surface area contributed by atoms with Crippen molar-refractivity contribution >= 4 is 5.65 Å². The number of fused-ring (bicyclic) bond motifs is 1. The van der Waals surface area contributed by atoms with Gasteiger partial charge in [-0.1, -0.05) is 18.2 Å². The summed E-state index contributed by atoms with van der Waals surface area (Å²) in [6.45, 7) is 3.10. The van der Waals surface area contributed by atoms with E-state index in [-0.39, 0.29) is 5.56 Å². The quantitative estimate of drug-likeness (QED) is 0.682. The lowest BCUT2D eigenvalue weighted by Crippen LogP contribution is -2.22. The van der Waals surface area contributed by atoms with Crippen LogP contribution in [0.1, 0.15) is 17.0 Å². The topological polar surface area (TPSA) is 56.1 Å². The Labute approximate surface area is 152 Å². The molecule has 0 bridgehead atoms. The third kappa shape index (κ3) is 3.55. The average Bonchev–Trinajstić information content (AvgIpc) is 2.61. The van der Waals surface area contributed by atoms with Gasteiger partial charge in [0.25, 0.3) is 5.56 Å². The minimum absolute atomic E-state index is 0.0598. The number of aryl methyl sites for hydroxylation is 1. The second-order valence-electron chi connectivity index (χ2n) is 6.27. The highest BCUT2D eigenvalue weighted by Crippen LogP contribution is 2.31. The Balaban J connectivity index is 1.84. The molecule has 0 unspecified atom stereocenters. The van der Waals surface area contributed by atoms with Crippen LogP contribution in [0.2, 0.25) is 0 Å². The SMILES string of the molecule is COc1cccc(CN(C)Cc2cc(=O)n3c(C)cccc3n2)c1OC. The summed E-state index contributed by atoms with van der Waals surface area (Å²) in [4.78, 5) is 19.1. The van der Waals surface area contributed by atoms with Crippen LogP contribution in [-0.2, 0) is 13.1 Å². The van der Waals surface area contributed by atoms with Crippen LogP contribution >= 0.6 is 0 Å². The lowest BCUT2D eigenvalue weighted by atomic mass is 10.1. The smallest absolute Gasteiger partial charge is 0.258 e. The molecule has 136 valence electrons. The summed E-state index contributed by atoms with van der Waals surface area (Å²) in [6.07, 6.45) is 0. The molecule has 0 fully saturated rings. The predicted octanol–water partition coefficient (Wildman–Crippen LogP) is 2.65. The standard InChI is InChI=1S/C20H23N3O3/c1-14-7-5-10-18-21-16(11-19(24)23(14)18)13-22(2)12-15-8-6-9-17(25-3)20(15)26-4/h5-11H,12-13H2,1-4H3. The van der Waals surface area contributed by atoms with Crippen molar-refractivity contribution in [3.8, 4) is 11.5 Å². The average molecular weight is 353 g/mol. The minimum Gasteiger partial charge on any atom is -0.493 e. The lowest BCUT2D eigenvalue weighted by molar-refractivity contribution is 0.300. The third-order valence-electron chi connectivity index (χ3n) is 4.29. The fraction of sp³-hybridized carbons (Fsp3) is 0.300. The zero-order chi connectivity index (χ0) is 18.7. The maximum Gasteiger partial charge on any atom is 0.258 e. The molecule has 3 rings (SSSR count). The first kappa shape index (κ1) is 17.9. The van der Waals surface area contributed by atoms with E-state index in [0.29, 0.717) is 24.5 Å². The summed E-state index contributed by atoms with van der Waals surface area (Å²) in [6, 6.07) is 13.1. The molecule has 3 aromatic rings. The Bertz CT molecular complexity index is 982. The van der Waals surface area contributed by atoms with Crippen molar-refractivity contribution in [3.05, 3.63) is 69.8 Å². The van der Waals surface area contributed by atoms with Crippen LogP contribution in [-0.4, -0.2) is 35.6 Å². The lowest BCUT2D eigenvalue weighted by Gasteiger charge is -2.19. The van der Waals surface area contributed by atoms with Crippen LogP contribution in [0.4, 0.5) is 0 Å². The molecule has 1 aromatic carbocycles. The predicted molar refractivity (Wildman–Crippen MR) is 101 cm³/mol. The Morgan fingerprint density at radius 1 is 1.08 bits per heavy atom. The molecule has 0 aliphatic heterocycles. The monoisotopic (exact) mass is 353 g/mol. The number of hydrogen-bond donors (Lipinski definition) is 0. The Morgan fingerprint density at radius 3 is 2.58 bits per heavy atom. The van der Waals surface area contributed by atoms with Crippen LogP contribution in [0, 0.1) is 6.92 Å². The number of hydrogen-bond acceptors (Lipinski definition) is 5. The molecule has 6 nitrogen and oxygen atoms in total. The van der Waals surface area contributed by atoms with E-state index in [0.717, 1.165) is 22.7 Å². The highest BCUT2D eigenvalue weighted by molar-refractivity contribution is 5.46. The van der Waals surface area contributed by atoms with E-state index in [9.17, 15) is 4.79 Å². The number of para-hydroxylation sites is 1. The molecule has 0 atom stereocenters. The van der Waals surface area contributed by atoms with E-state index in [1.54, 1.807) is 24.7 Å². The second kappa shape index (κ2) is 7.58. The number of aromatic nitrogens is 2. The first-order valence-electron chi connectivity index (χ1n) is 8.40. The number of rotatable bonds is 6. The largest absolute Gasteiger partial charge is 0.493 e. The van der Waals surface area contributed by atoms with Crippen LogP contribution in [0.15, 0.2) is 47.3 Å². The van der Waals surface area contributed by atoms with E-state index in [2.05, 4.69) is 9.88 Å². The zero-order valence-electron chi connectivity index (χ0n) is 15.5. The van der Waals surface area contributed by atoms with Crippen molar-refractivity contribution in [2.45, 2.75) is 20.0 Å². The molecule has 0 aliphatic carbocycles. The fourth-order valence-corrected chi connectivity index (χ4v) is 3.15. The van der Waals surface area contributed by atoms with Gasteiger partial charge in [0, 0.05) is 30.4 Å². The van der Waals surface area contributed by atoms with Gasteiger partial charge in [0.2, 0.25) is 0 Å². The Hall–Kier alpha value is -2.86. The van der Waals surface area contributed by atoms with Crippen LogP contribution in [0.25, 0.3) is 5.65 Å². The van der Waals surface area contributed by atoms with E-state index < -0.39 is 0 Å². The van der Waals surface area contributed by atoms with Crippen molar-refractivity contribution < 1.29 is 9.47 Å². The molecule has 2 aromatic heterocycles. The van der Waals surface area contributed by atoms with Crippen molar-refractivity contribution in [3.63, 3.8) is 0 Å². The summed E-state index contributed by atoms with van der Waals surface area (Å²) in [5.74, 6) is 1.43. The molecule has 0 radical (unpaired) electrons. The van der Waals surface area contributed by atoms with E-state index in [1.807, 2.05) is 50.4 Å². The highest BCUT2D eigenvalue weighted by Gasteiger charge is 2.13. The molecule has 2 heterocycles. The zero-order valence-corrected chi connectivity index (χ0v) is 15.5. The number of pyridine rings is 1. The number of nitrogens with zero attached hydrogens (tertiary/aromatic N) is 3. The van der Waals surface area contributed by atoms with Gasteiger partial charge in [-0.3, -0.25) is 14.1 Å². The van der Waals surface area contributed by atoms with Gasteiger partial charge in [0.1, 0.15) is 5.65 Å². The molecule has 0 amide bonds. The van der Waals surface area contributed by atoms with Gasteiger partial charge in [-0.25, -0.2) is 4.98 Å². The van der Waals surface area contributed by atoms with Gasteiger partial charge in [-0.15, -0.1) is 0 Å². The molecule has 0 spiro atoms. The van der Waals surface area contributed by atoms with Gasteiger partial charge in [-0.05, 0) is 32.2 Å². The molecule has 0 aliphatic rings. The van der Waals surface area contributed by atoms with E-state index in [1.165, 1.54) is 0 Å². The molecular formula is C20H23N3O3. The summed E-state index contributed by atoms with van der Waals surface area (Å²) in [5, 5.41) is 0. The van der Waals surface area contributed by atoms with Gasteiger partial charge < -0.3 is 9.47 Å². The first-order valence-corrected chi connectivity index (χ1v) is 8.40. The maximum absolute atomic E-state index is 12.4. The van der Waals surface area contributed by atoms with Gasteiger partial charge in [-0.2, -0.15) is 0 Å². The summed E-state index contributed by atoms with van der Waals surface area (Å²) >= 11 is 0. The van der Waals surface area contributed by atoms with Crippen LogP contribution in [0.3, 0.4) is 0 Å². The molecule has 0 N–H and O–H groups in total. The molecule has 26 heavy (non-hydrogen) atoms. The minimum atomic E-state index is -0.0598. The first-order chi connectivity index (χ1) is 12.5. The van der Waals surface area contributed by atoms with Gasteiger partial charge in [0.15, 0.2) is 11.5 Å². The molecular weight excluding hydrogens is 330 g/mol. The maximum atomic E-state index is 12.4. The normalized spacial score (nSPS) is 11.1. The Kier molecular flexibility index (Phi) is 5.23. The summed E-state index contributed by atoms with van der Waals surface area (Å²) in [7, 11) is 5.24. The fourth-order valence-electron chi connectivity index (χ4n) is 3.15. The van der Waals surface area contributed by atoms with Crippen LogP contribution in [0.5, 0.6) is 11.5 Å². The molecule has 6 heteroatoms. The number of benzene rings is 1. The van der Waals surface area contributed by atoms with Crippen LogP contribution < -0.4 is 15.0 Å². The second-order valence-corrected chi connectivity index (χ2v) is 6.27. The number of ether oxygens (including phenoxy) is 2. The van der Waals surface area contributed by atoms with Gasteiger partial charge >= 0.3 is 0 Å². The van der Waals surface area contributed by atoms with E-state index >= 15 is 0 Å². The number of methoxy groups -OCH3 is 2. The molecule has 0 saturated carbocycles. The third-order valence-corrected chi connectivity index (χ3v) is 4.29. The van der Waals surface area contributed by atoms with Crippen molar-refractivity contribution in [1.82, 2.24) is 14.3 Å². The van der Waals surface area contributed by atoms with Gasteiger partial charge in [0.05, 0.1) is 19.9 Å². The summed E-state index contributed by atoms with van der Waals surface area (Å²) in [5.41, 5.74) is 3.24. The Morgan fingerprint density at radius 2 is 1.85 bits per heavy atom. The van der Waals surface area contributed by atoms with E-state index in [4.69, 9.17) is 9.47 Å².